The van der Waals surface area contributed by atoms with Crippen LogP contribution in [-0.2, 0) is 0 Å². The maximum Gasteiger partial charge on any atom is 0.258 e. The number of furan rings is 1. The SMILES string of the molecule is COc1cccc(N2CCN(C(=O)c3c(C)nc(-c4ccco4)nc3SC)CC2)c1. The molecule has 1 aliphatic heterocycles. The summed E-state index contributed by atoms with van der Waals surface area (Å²) < 4.78 is 10.7. The van der Waals surface area contributed by atoms with E-state index in [2.05, 4.69) is 20.9 Å². The maximum absolute atomic E-state index is 13.3. The van der Waals surface area contributed by atoms with Gasteiger partial charge in [0.2, 0.25) is 0 Å². The van der Waals surface area contributed by atoms with Crippen molar-refractivity contribution in [2.45, 2.75) is 11.9 Å². The predicted octanol–water partition coefficient (Wildman–Crippen LogP) is 3.74. The van der Waals surface area contributed by atoms with Crippen LogP contribution in [0.4, 0.5) is 5.69 Å². The molecule has 2 aromatic heterocycles. The summed E-state index contributed by atoms with van der Waals surface area (Å²) in [4.78, 5) is 26.6. The first-order chi connectivity index (χ1) is 14.6. The van der Waals surface area contributed by atoms with E-state index in [1.807, 2.05) is 42.3 Å². The minimum Gasteiger partial charge on any atom is -0.497 e. The van der Waals surface area contributed by atoms with Crippen LogP contribution < -0.4 is 9.64 Å². The third-order valence-electron chi connectivity index (χ3n) is 5.19. The Balaban J connectivity index is 1.51. The first-order valence-electron chi connectivity index (χ1n) is 9.75. The Hall–Kier alpha value is -3.00. The van der Waals surface area contributed by atoms with Gasteiger partial charge in [-0.05, 0) is 37.4 Å². The van der Waals surface area contributed by atoms with E-state index >= 15 is 0 Å². The van der Waals surface area contributed by atoms with E-state index in [1.54, 1.807) is 19.4 Å². The van der Waals surface area contributed by atoms with Gasteiger partial charge in [0.1, 0.15) is 10.8 Å². The summed E-state index contributed by atoms with van der Waals surface area (Å²) >= 11 is 1.45. The van der Waals surface area contributed by atoms with Gasteiger partial charge >= 0.3 is 0 Å². The average Bonchev–Trinajstić information content (AvgIpc) is 3.33. The van der Waals surface area contributed by atoms with Crippen LogP contribution in [-0.4, -0.2) is 60.3 Å². The Morgan fingerprint density at radius 3 is 2.60 bits per heavy atom. The topological polar surface area (TPSA) is 71.7 Å². The molecule has 1 amide bonds. The summed E-state index contributed by atoms with van der Waals surface area (Å²) in [5, 5.41) is 0.675. The van der Waals surface area contributed by atoms with Gasteiger partial charge in [-0.25, -0.2) is 9.97 Å². The van der Waals surface area contributed by atoms with Gasteiger partial charge in [0.05, 0.1) is 24.6 Å². The van der Waals surface area contributed by atoms with Crippen molar-refractivity contribution in [3.63, 3.8) is 0 Å². The van der Waals surface area contributed by atoms with Gasteiger partial charge in [0.15, 0.2) is 11.6 Å². The fourth-order valence-electron chi connectivity index (χ4n) is 3.59. The first kappa shape index (κ1) is 20.3. The molecule has 0 atom stereocenters. The molecule has 7 nitrogen and oxygen atoms in total. The number of benzene rings is 1. The summed E-state index contributed by atoms with van der Waals surface area (Å²) in [5.41, 5.74) is 2.35. The average molecular weight is 425 g/mol. The fourth-order valence-corrected chi connectivity index (χ4v) is 4.21. The molecule has 0 saturated carbocycles. The molecule has 156 valence electrons. The number of rotatable bonds is 5. The molecular formula is C22H24N4O3S. The Kier molecular flexibility index (Phi) is 5.94. The van der Waals surface area contributed by atoms with E-state index in [-0.39, 0.29) is 5.91 Å². The van der Waals surface area contributed by atoms with Crippen molar-refractivity contribution in [3.05, 3.63) is 53.9 Å². The number of ether oxygens (including phenoxy) is 1. The van der Waals surface area contributed by atoms with E-state index in [0.29, 0.717) is 41.0 Å². The maximum atomic E-state index is 13.3. The number of piperazine rings is 1. The number of carbonyl (C=O) groups excluding carboxylic acids is 1. The number of methoxy groups -OCH3 is 1. The quantitative estimate of drug-likeness (QED) is 0.456. The van der Waals surface area contributed by atoms with Gasteiger partial charge in [0.25, 0.3) is 5.91 Å². The number of aryl methyl sites for hydroxylation is 1. The van der Waals surface area contributed by atoms with Crippen molar-refractivity contribution >= 4 is 23.4 Å². The molecule has 0 spiro atoms. The Morgan fingerprint density at radius 1 is 1.13 bits per heavy atom. The zero-order valence-electron chi connectivity index (χ0n) is 17.3. The van der Waals surface area contributed by atoms with Crippen molar-refractivity contribution < 1.29 is 13.9 Å². The number of amides is 1. The number of carbonyl (C=O) groups is 1. The molecule has 4 rings (SSSR count). The highest BCUT2D eigenvalue weighted by Crippen LogP contribution is 2.27. The normalized spacial score (nSPS) is 14.1. The van der Waals surface area contributed by atoms with Gasteiger partial charge in [-0.2, -0.15) is 0 Å². The second-order valence-corrected chi connectivity index (χ2v) is 7.77. The molecule has 1 aromatic carbocycles. The van der Waals surface area contributed by atoms with E-state index in [4.69, 9.17) is 9.15 Å². The Morgan fingerprint density at radius 2 is 1.93 bits per heavy atom. The van der Waals surface area contributed by atoms with Crippen molar-refractivity contribution in [2.75, 3.05) is 44.4 Å². The molecule has 1 aliphatic rings. The lowest BCUT2D eigenvalue weighted by atomic mass is 10.1. The van der Waals surface area contributed by atoms with Crippen LogP contribution in [0, 0.1) is 6.92 Å². The molecular weight excluding hydrogens is 400 g/mol. The van der Waals surface area contributed by atoms with E-state index < -0.39 is 0 Å². The minimum absolute atomic E-state index is 0.0202. The van der Waals surface area contributed by atoms with Crippen molar-refractivity contribution in [1.82, 2.24) is 14.9 Å². The van der Waals surface area contributed by atoms with E-state index in [9.17, 15) is 4.79 Å². The van der Waals surface area contributed by atoms with Crippen LogP contribution in [0.25, 0.3) is 11.6 Å². The second kappa shape index (κ2) is 8.79. The highest BCUT2D eigenvalue weighted by molar-refractivity contribution is 7.98. The molecule has 3 heterocycles. The summed E-state index contributed by atoms with van der Waals surface area (Å²) in [7, 11) is 1.67. The van der Waals surface area contributed by atoms with E-state index in [0.717, 1.165) is 24.5 Å². The predicted molar refractivity (Wildman–Crippen MR) is 117 cm³/mol. The highest BCUT2D eigenvalue weighted by Gasteiger charge is 2.27. The summed E-state index contributed by atoms with van der Waals surface area (Å²) in [5.74, 6) is 1.91. The third kappa shape index (κ3) is 4.00. The number of nitrogens with zero attached hydrogens (tertiary/aromatic N) is 4. The molecule has 0 unspecified atom stereocenters. The van der Waals surface area contributed by atoms with Crippen LogP contribution in [0.5, 0.6) is 5.75 Å². The van der Waals surface area contributed by atoms with Gasteiger partial charge < -0.3 is 19.0 Å². The number of anilines is 1. The van der Waals surface area contributed by atoms with E-state index in [1.165, 1.54) is 11.8 Å². The number of aromatic nitrogens is 2. The molecule has 0 aliphatic carbocycles. The molecule has 30 heavy (non-hydrogen) atoms. The van der Waals surface area contributed by atoms with Crippen LogP contribution in [0.3, 0.4) is 0 Å². The molecule has 0 radical (unpaired) electrons. The molecule has 8 heteroatoms. The van der Waals surface area contributed by atoms with Gasteiger partial charge in [-0.1, -0.05) is 6.07 Å². The largest absolute Gasteiger partial charge is 0.497 e. The van der Waals surface area contributed by atoms with Crippen LogP contribution >= 0.6 is 11.8 Å². The molecule has 3 aromatic rings. The standard InChI is InChI=1S/C22H24N4O3S/c1-15-19(21(30-3)24-20(23-15)18-8-5-13-29-18)22(27)26-11-9-25(10-12-26)16-6-4-7-17(14-16)28-2/h4-8,13-14H,9-12H2,1-3H3. The van der Waals surface area contributed by atoms with Gasteiger partial charge in [-0.3, -0.25) is 4.79 Å². The fraction of sp³-hybridized carbons (Fsp3) is 0.318. The molecule has 0 N–H and O–H groups in total. The third-order valence-corrected chi connectivity index (χ3v) is 5.87. The van der Waals surface area contributed by atoms with Gasteiger partial charge in [-0.15, -0.1) is 11.8 Å². The second-order valence-electron chi connectivity index (χ2n) is 6.97. The summed E-state index contributed by atoms with van der Waals surface area (Å²) in [6.45, 7) is 4.66. The van der Waals surface area contributed by atoms with Crippen LogP contribution in [0.1, 0.15) is 16.1 Å². The van der Waals surface area contributed by atoms with Crippen molar-refractivity contribution in [2.24, 2.45) is 0 Å². The lowest BCUT2D eigenvalue weighted by molar-refractivity contribution is 0.0741. The summed E-state index contributed by atoms with van der Waals surface area (Å²) in [6, 6.07) is 11.6. The lowest BCUT2D eigenvalue weighted by Crippen LogP contribution is -2.49. The van der Waals surface area contributed by atoms with Crippen molar-refractivity contribution in [1.29, 1.82) is 0 Å². The molecule has 1 saturated heterocycles. The highest BCUT2D eigenvalue weighted by atomic mass is 32.2. The van der Waals surface area contributed by atoms with Gasteiger partial charge in [0, 0.05) is 37.9 Å². The summed E-state index contributed by atoms with van der Waals surface area (Å²) in [6.07, 6.45) is 3.51. The number of hydrogen-bond acceptors (Lipinski definition) is 7. The molecule has 0 bridgehead atoms. The first-order valence-corrected chi connectivity index (χ1v) is 11.0. The van der Waals surface area contributed by atoms with Crippen LogP contribution in [0.2, 0.25) is 0 Å². The minimum atomic E-state index is -0.0202. The monoisotopic (exact) mass is 424 g/mol. The zero-order chi connectivity index (χ0) is 21.1. The molecule has 1 fully saturated rings. The smallest absolute Gasteiger partial charge is 0.258 e. The Bertz CT molecular complexity index is 1030. The number of hydrogen-bond donors (Lipinski definition) is 0. The van der Waals surface area contributed by atoms with Crippen molar-refractivity contribution in [3.8, 4) is 17.3 Å². The van der Waals surface area contributed by atoms with Crippen LogP contribution in [0.15, 0.2) is 52.1 Å². The lowest BCUT2D eigenvalue weighted by Gasteiger charge is -2.36. The zero-order valence-corrected chi connectivity index (χ0v) is 18.1. The Labute approximate surface area is 180 Å². The number of thioether (sulfide) groups is 1.